The van der Waals surface area contributed by atoms with Crippen molar-refractivity contribution in [3.8, 4) is 0 Å². The Morgan fingerprint density at radius 2 is 2.27 bits per heavy atom. The number of ether oxygens (including phenoxy) is 1. The van der Waals surface area contributed by atoms with E-state index in [0.717, 1.165) is 5.56 Å². The van der Waals surface area contributed by atoms with Crippen LogP contribution in [-0.2, 0) is 16.0 Å². The van der Waals surface area contributed by atoms with E-state index in [2.05, 4.69) is 22.9 Å². The molecule has 0 bridgehead atoms. The van der Waals surface area contributed by atoms with Gasteiger partial charge in [-0.1, -0.05) is 40.2 Å². The lowest BCUT2D eigenvalue weighted by atomic mass is 10.1. The van der Waals surface area contributed by atoms with Crippen molar-refractivity contribution in [3.63, 3.8) is 0 Å². The van der Waals surface area contributed by atoms with Gasteiger partial charge in [-0.25, -0.2) is 0 Å². The number of esters is 1. The van der Waals surface area contributed by atoms with Crippen LogP contribution in [0, 0.1) is 0 Å². The maximum absolute atomic E-state index is 11.3. The van der Waals surface area contributed by atoms with E-state index in [1.807, 2.05) is 31.2 Å². The Bertz CT molecular complexity index is 334. The van der Waals surface area contributed by atoms with Gasteiger partial charge in [-0.3, -0.25) is 4.79 Å². The summed E-state index contributed by atoms with van der Waals surface area (Å²) in [5.41, 5.74) is 2.18. The molecule has 0 aliphatic carbocycles. The zero-order valence-electron chi connectivity index (χ0n) is 9.00. The Morgan fingerprint density at radius 1 is 1.53 bits per heavy atom. The highest BCUT2D eigenvalue weighted by molar-refractivity contribution is 9.09. The molecule has 0 spiro atoms. The summed E-state index contributed by atoms with van der Waals surface area (Å²) in [6.45, 7) is 4.31. The highest BCUT2D eigenvalue weighted by Gasteiger charge is 2.06. The maximum Gasteiger partial charge on any atom is 0.310 e. The fraction of sp³-hybridized carbons (Fsp3) is 0.417. The summed E-state index contributed by atoms with van der Waals surface area (Å²) in [4.78, 5) is 11.6. The van der Waals surface area contributed by atoms with E-state index in [0.29, 0.717) is 17.9 Å². The summed E-state index contributed by atoms with van der Waals surface area (Å²) in [5, 5.41) is 0. The zero-order chi connectivity index (χ0) is 11.3. The molecule has 1 atom stereocenters. The summed E-state index contributed by atoms with van der Waals surface area (Å²) in [6.07, 6.45) is 0.349. The van der Waals surface area contributed by atoms with E-state index in [9.17, 15) is 4.79 Å². The Kier molecular flexibility index (Phi) is 4.82. The molecule has 1 unspecified atom stereocenters. The number of halogens is 1. The van der Waals surface area contributed by atoms with Crippen molar-refractivity contribution in [1.29, 1.82) is 0 Å². The Morgan fingerprint density at radius 3 is 2.87 bits per heavy atom. The highest BCUT2D eigenvalue weighted by Crippen LogP contribution is 2.22. The average Bonchev–Trinajstić information content (AvgIpc) is 2.18. The minimum absolute atomic E-state index is 0.170. The van der Waals surface area contributed by atoms with Crippen LogP contribution in [-0.4, -0.2) is 12.6 Å². The Hall–Kier alpha value is -0.830. The van der Waals surface area contributed by atoms with E-state index in [4.69, 9.17) is 4.74 Å². The van der Waals surface area contributed by atoms with Crippen molar-refractivity contribution < 1.29 is 9.53 Å². The van der Waals surface area contributed by atoms with Crippen LogP contribution in [0.5, 0.6) is 0 Å². The van der Waals surface area contributed by atoms with Crippen LogP contribution < -0.4 is 0 Å². The first-order chi connectivity index (χ1) is 7.13. The monoisotopic (exact) mass is 270 g/mol. The van der Waals surface area contributed by atoms with E-state index in [1.165, 1.54) is 5.56 Å². The third-order valence-electron chi connectivity index (χ3n) is 2.06. The average molecular weight is 271 g/mol. The maximum atomic E-state index is 11.3. The van der Waals surface area contributed by atoms with Gasteiger partial charge in [0.15, 0.2) is 0 Å². The largest absolute Gasteiger partial charge is 0.466 e. The van der Waals surface area contributed by atoms with Crippen molar-refractivity contribution >= 4 is 21.9 Å². The molecule has 0 fully saturated rings. The molecule has 0 radical (unpaired) electrons. The summed E-state index contributed by atoms with van der Waals surface area (Å²) in [5.74, 6) is -0.170. The minimum Gasteiger partial charge on any atom is -0.466 e. The minimum atomic E-state index is -0.170. The van der Waals surface area contributed by atoms with Crippen LogP contribution in [0.3, 0.4) is 0 Å². The standard InChI is InChI=1S/C12H15BrO2/c1-3-15-12(14)8-10-5-4-6-11(7-10)9(2)13/h4-7,9H,3,8H2,1-2H3. The molecule has 0 aromatic heterocycles. The Labute approximate surface area is 98.8 Å². The number of rotatable bonds is 4. The van der Waals surface area contributed by atoms with Crippen LogP contribution in [0.1, 0.15) is 29.8 Å². The van der Waals surface area contributed by atoms with Gasteiger partial charge in [0, 0.05) is 4.83 Å². The molecule has 0 saturated carbocycles. The topological polar surface area (TPSA) is 26.3 Å². The number of alkyl halides is 1. The summed E-state index contributed by atoms with van der Waals surface area (Å²) < 4.78 is 4.90. The third-order valence-corrected chi connectivity index (χ3v) is 2.59. The number of benzene rings is 1. The lowest BCUT2D eigenvalue weighted by Gasteiger charge is -2.06. The quantitative estimate of drug-likeness (QED) is 0.620. The molecule has 3 heteroatoms. The number of carbonyl (C=O) groups is 1. The molecule has 0 saturated heterocycles. The van der Waals surface area contributed by atoms with Crippen LogP contribution in [0.15, 0.2) is 24.3 Å². The van der Waals surface area contributed by atoms with Crippen molar-refractivity contribution in [1.82, 2.24) is 0 Å². The first-order valence-corrected chi connectivity index (χ1v) is 5.93. The number of hydrogen-bond donors (Lipinski definition) is 0. The molecule has 82 valence electrons. The van der Waals surface area contributed by atoms with Crippen molar-refractivity contribution in [2.24, 2.45) is 0 Å². The second-order valence-corrected chi connectivity index (χ2v) is 4.72. The van der Waals surface area contributed by atoms with Gasteiger partial charge < -0.3 is 4.74 Å². The number of hydrogen-bond acceptors (Lipinski definition) is 2. The van der Waals surface area contributed by atoms with Crippen LogP contribution >= 0.6 is 15.9 Å². The second-order valence-electron chi connectivity index (χ2n) is 3.34. The molecule has 1 rings (SSSR count). The molecule has 0 aliphatic rings. The summed E-state index contributed by atoms with van der Waals surface area (Å²) in [6, 6.07) is 7.96. The van der Waals surface area contributed by atoms with Gasteiger partial charge in [0.1, 0.15) is 0 Å². The molecule has 0 aliphatic heterocycles. The van der Waals surface area contributed by atoms with Gasteiger partial charge in [0.25, 0.3) is 0 Å². The van der Waals surface area contributed by atoms with Gasteiger partial charge in [0.2, 0.25) is 0 Å². The second kappa shape index (κ2) is 5.91. The summed E-state index contributed by atoms with van der Waals surface area (Å²) >= 11 is 3.50. The molecule has 0 N–H and O–H groups in total. The predicted octanol–water partition coefficient (Wildman–Crippen LogP) is 3.25. The fourth-order valence-electron chi connectivity index (χ4n) is 1.33. The molecular formula is C12H15BrO2. The molecule has 0 amide bonds. The van der Waals surface area contributed by atoms with E-state index in [-0.39, 0.29) is 5.97 Å². The van der Waals surface area contributed by atoms with E-state index in [1.54, 1.807) is 0 Å². The lowest BCUT2D eigenvalue weighted by Crippen LogP contribution is -2.07. The lowest BCUT2D eigenvalue weighted by molar-refractivity contribution is -0.142. The smallest absolute Gasteiger partial charge is 0.310 e. The molecule has 0 heterocycles. The SMILES string of the molecule is CCOC(=O)Cc1cccc(C(C)Br)c1. The van der Waals surface area contributed by atoms with Crippen LogP contribution in [0.25, 0.3) is 0 Å². The van der Waals surface area contributed by atoms with Crippen LogP contribution in [0.2, 0.25) is 0 Å². The normalized spacial score (nSPS) is 12.2. The first-order valence-electron chi connectivity index (χ1n) is 5.02. The van der Waals surface area contributed by atoms with Gasteiger partial charge in [-0.2, -0.15) is 0 Å². The van der Waals surface area contributed by atoms with Crippen molar-refractivity contribution in [2.75, 3.05) is 6.61 Å². The molecule has 1 aromatic carbocycles. The van der Waals surface area contributed by atoms with Gasteiger partial charge in [-0.15, -0.1) is 0 Å². The van der Waals surface area contributed by atoms with Gasteiger partial charge in [0.05, 0.1) is 13.0 Å². The first kappa shape index (κ1) is 12.2. The van der Waals surface area contributed by atoms with E-state index < -0.39 is 0 Å². The third kappa shape index (κ3) is 4.04. The van der Waals surface area contributed by atoms with Gasteiger partial charge in [-0.05, 0) is 25.0 Å². The highest BCUT2D eigenvalue weighted by atomic mass is 79.9. The predicted molar refractivity (Wildman–Crippen MR) is 64.1 cm³/mol. The van der Waals surface area contributed by atoms with Gasteiger partial charge >= 0.3 is 5.97 Å². The van der Waals surface area contributed by atoms with Crippen LogP contribution in [0.4, 0.5) is 0 Å². The molecular weight excluding hydrogens is 256 g/mol. The summed E-state index contributed by atoms with van der Waals surface area (Å²) in [7, 11) is 0. The van der Waals surface area contributed by atoms with Crippen molar-refractivity contribution in [2.45, 2.75) is 25.1 Å². The molecule has 15 heavy (non-hydrogen) atoms. The number of carbonyl (C=O) groups excluding carboxylic acids is 1. The Balaban J connectivity index is 2.69. The zero-order valence-corrected chi connectivity index (χ0v) is 10.6. The van der Waals surface area contributed by atoms with E-state index >= 15 is 0 Å². The molecule has 1 aromatic rings. The van der Waals surface area contributed by atoms with Crippen molar-refractivity contribution in [3.05, 3.63) is 35.4 Å². The molecule has 2 nitrogen and oxygen atoms in total. The fourth-order valence-corrected chi connectivity index (χ4v) is 1.61.